The van der Waals surface area contributed by atoms with Crippen molar-refractivity contribution < 1.29 is 27.1 Å². The monoisotopic (exact) mass is 838 g/mol. The molecular formula is C53H41F3N4O3. The lowest BCUT2D eigenvalue weighted by molar-refractivity contribution is -0.137. The fourth-order valence-electron chi connectivity index (χ4n) is 8.36. The van der Waals surface area contributed by atoms with Crippen LogP contribution < -0.4 is 0 Å². The molecule has 63 heavy (non-hydrogen) atoms. The number of H-pyrrole nitrogens is 2. The normalized spacial score (nSPS) is 12.4. The third-order valence-electron chi connectivity index (χ3n) is 11.9. The first-order valence-corrected chi connectivity index (χ1v) is 20.9. The Hall–Kier alpha value is -7.59. The van der Waals surface area contributed by atoms with Crippen LogP contribution in [0, 0.1) is 0 Å². The SMILES string of the molecule is CC(c1ccc(-c2nc(CCc3c[nH]c4ccccc34)oc2-c2ccc(C(F)(F)F)cc2)cc1)c1ccc(-c2oc(CCc3c[nH]c4ccccc34)nc2-c2ccc(O)cc2)cc1. The van der Waals surface area contributed by atoms with Gasteiger partial charge in [-0.15, -0.1) is 0 Å². The van der Waals surface area contributed by atoms with Crippen molar-refractivity contribution in [3.8, 4) is 50.9 Å². The fourth-order valence-corrected chi connectivity index (χ4v) is 8.36. The van der Waals surface area contributed by atoms with Crippen LogP contribution in [0.5, 0.6) is 5.75 Å². The van der Waals surface area contributed by atoms with Crippen LogP contribution in [0.25, 0.3) is 67.0 Å². The van der Waals surface area contributed by atoms with Gasteiger partial charge in [0.05, 0.1) is 5.56 Å². The molecule has 0 amide bonds. The quantitative estimate of drug-likeness (QED) is 0.114. The Morgan fingerprint density at radius 1 is 0.524 bits per heavy atom. The number of aryl methyl sites for hydroxylation is 4. The molecule has 10 rings (SSSR count). The smallest absolute Gasteiger partial charge is 0.416 e. The number of halogens is 3. The van der Waals surface area contributed by atoms with Crippen LogP contribution >= 0.6 is 0 Å². The van der Waals surface area contributed by atoms with E-state index in [1.54, 1.807) is 12.1 Å². The van der Waals surface area contributed by atoms with Crippen molar-refractivity contribution in [2.75, 3.05) is 0 Å². The van der Waals surface area contributed by atoms with Gasteiger partial charge in [-0.05, 0) is 83.6 Å². The molecule has 0 aliphatic carbocycles. The van der Waals surface area contributed by atoms with Crippen LogP contribution in [-0.4, -0.2) is 25.0 Å². The molecule has 7 nitrogen and oxygen atoms in total. The zero-order valence-corrected chi connectivity index (χ0v) is 34.2. The lowest BCUT2D eigenvalue weighted by Crippen LogP contribution is -2.03. The van der Waals surface area contributed by atoms with Crippen LogP contribution in [0.3, 0.4) is 0 Å². The summed E-state index contributed by atoms with van der Waals surface area (Å²) >= 11 is 0. The van der Waals surface area contributed by atoms with Crippen molar-refractivity contribution in [3.63, 3.8) is 0 Å². The van der Waals surface area contributed by atoms with Crippen LogP contribution in [0.4, 0.5) is 13.2 Å². The zero-order valence-electron chi connectivity index (χ0n) is 34.2. The van der Waals surface area contributed by atoms with E-state index >= 15 is 0 Å². The highest BCUT2D eigenvalue weighted by atomic mass is 19.4. The predicted molar refractivity (Wildman–Crippen MR) is 240 cm³/mol. The Labute approximate surface area is 360 Å². The molecule has 3 N–H and O–H groups in total. The largest absolute Gasteiger partial charge is 0.508 e. The standard InChI is InChI=1S/C53H41F3N4O3/c1-32(34-12-16-37(17-13-34)51-50(36-20-26-42(61)27-21-36)60-48(62-51)29-23-40-31-58-46-9-5-3-7-44(40)46)33-10-14-35(15-11-33)49-52(38-18-24-41(25-19-38)53(54,55)56)63-47(59-49)28-22-39-30-57-45-8-4-2-6-43(39)45/h2-21,24-27,30-32,57-58,61H,22-23,28-29H2,1H3. The van der Waals surface area contributed by atoms with Crippen LogP contribution in [-0.2, 0) is 31.9 Å². The van der Waals surface area contributed by atoms with Crippen molar-refractivity contribution in [2.45, 2.75) is 44.7 Å². The first kappa shape index (κ1) is 39.5. The molecule has 1 atom stereocenters. The average Bonchev–Trinajstić information content (AvgIpc) is 4.13. The minimum Gasteiger partial charge on any atom is -0.508 e. The Kier molecular flexibility index (Phi) is 10.3. The number of hydrogen-bond acceptors (Lipinski definition) is 5. The molecule has 10 aromatic rings. The number of phenolic OH excluding ortho intramolecular Hbond substituents is 1. The molecular weight excluding hydrogens is 798 g/mol. The number of nitrogens with zero attached hydrogens (tertiary/aromatic N) is 2. The van der Waals surface area contributed by atoms with Crippen molar-refractivity contribution >= 4 is 21.8 Å². The number of rotatable bonds is 12. The van der Waals surface area contributed by atoms with Crippen LogP contribution in [0.2, 0.25) is 0 Å². The number of hydrogen-bond donors (Lipinski definition) is 3. The van der Waals surface area contributed by atoms with E-state index in [1.165, 1.54) is 23.1 Å². The average molecular weight is 839 g/mol. The summed E-state index contributed by atoms with van der Waals surface area (Å²) in [7, 11) is 0. The first-order valence-electron chi connectivity index (χ1n) is 20.9. The number of alkyl halides is 3. The van der Waals surface area contributed by atoms with Crippen LogP contribution in [0.15, 0.2) is 167 Å². The highest BCUT2D eigenvalue weighted by molar-refractivity contribution is 5.84. The zero-order chi connectivity index (χ0) is 43.1. The van der Waals surface area contributed by atoms with Gasteiger partial charge in [-0.1, -0.05) is 104 Å². The van der Waals surface area contributed by atoms with Gasteiger partial charge in [0.2, 0.25) is 0 Å². The molecule has 0 saturated carbocycles. The molecule has 0 aliphatic rings. The number of phenols is 1. The van der Waals surface area contributed by atoms with Gasteiger partial charge in [-0.3, -0.25) is 0 Å². The molecule has 10 heteroatoms. The Morgan fingerprint density at radius 3 is 1.40 bits per heavy atom. The Bertz CT molecular complexity index is 3170. The summed E-state index contributed by atoms with van der Waals surface area (Å²) in [6.45, 7) is 2.15. The number of nitrogens with one attached hydrogen (secondary N) is 2. The van der Waals surface area contributed by atoms with Gasteiger partial charge in [-0.25, -0.2) is 9.97 Å². The molecule has 0 aliphatic heterocycles. The second-order valence-electron chi connectivity index (χ2n) is 15.9. The molecule has 0 saturated heterocycles. The van der Waals surface area contributed by atoms with E-state index in [0.717, 1.165) is 68.4 Å². The number of aromatic hydroxyl groups is 1. The second kappa shape index (κ2) is 16.4. The van der Waals surface area contributed by atoms with E-state index in [4.69, 9.17) is 18.8 Å². The summed E-state index contributed by atoms with van der Waals surface area (Å²) in [5.74, 6) is 2.43. The molecule has 6 aromatic carbocycles. The Balaban J connectivity index is 0.902. The van der Waals surface area contributed by atoms with Gasteiger partial charge in [0, 0.05) is 75.2 Å². The molecule has 0 fully saturated rings. The highest BCUT2D eigenvalue weighted by Gasteiger charge is 2.30. The minimum atomic E-state index is -4.45. The molecule has 4 heterocycles. The third-order valence-corrected chi connectivity index (χ3v) is 11.9. The lowest BCUT2D eigenvalue weighted by Gasteiger charge is -2.14. The van der Waals surface area contributed by atoms with Gasteiger partial charge in [0.1, 0.15) is 17.1 Å². The molecule has 1 unspecified atom stereocenters. The van der Waals surface area contributed by atoms with E-state index in [2.05, 4.69) is 71.5 Å². The summed E-state index contributed by atoms with van der Waals surface area (Å²) in [6.07, 6.45) is 2.15. The van der Waals surface area contributed by atoms with E-state index in [1.807, 2.05) is 67.0 Å². The van der Waals surface area contributed by atoms with Gasteiger partial charge in [-0.2, -0.15) is 13.2 Å². The number of benzene rings is 6. The number of fused-ring (bicyclic) bond motifs is 2. The van der Waals surface area contributed by atoms with E-state index < -0.39 is 11.7 Å². The topological polar surface area (TPSA) is 104 Å². The van der Waals surface area contributed by atoms with Gasteiger partial charge < -0.3 is 23.9 Å². The molecule has 0 bridgehead atoms. The highest BCUT2D eigenvalue weighted by Crippen LogP contribution is 2.39. The summed E-state index contributed by atoms with van der Waals surface area (Å²) in [5.41, 5.74) is 10.3. The summed E-state index contributed by atoms with van der Waals surface area (Å²) in [5, 5.41) is 12.3. The van der Waals surface area contributed by atoms with Crippen molar-refractivity contribution in [1.82, 2.24) is 19.9 Å². The number of oxazole rings is 2. The maximum absolute atomic E-state index is 13.5. The summed E-state index contributed by atoms with van der Waals surface area (Å²) in [6, 6.07) is 44.8. The van der Waals surface area contributed by atoms with E-state index in [-0.39, 0.29) is 11.7 Å². The van der Waals surface area contributed by atoms with Gasteiger partial charge >= 0.3 is 6.18 Å². The molecule has 0 radical (unpaired) electrons. The van der Waals surface area contributed by atoms with Crippen molar-refractivity contribution in [1.29, 1.82) is 0 Å². The number of aromatic nitrogens is 4. The van der Waals surface area contributed by atoms with Crippen molar-refractivity contribution in [2.24, 2.45) is 0 Å². The molecule has 312 valence electrons. The second-order valence-corrected chi connectivity index (χ2v) is 15.9. The predicted octanol–water partition coefficient (Wildman–Crippen LogP) is 13.7. The van der Waals surface area contributed by atoms with Gasteiger partial charge in [0.25, 0.3) is 0 Å². The lowest BCUT2D eigenvalue weighted by atomic mass is 9.91. The number of para-hydroxylation sites is 2. The van der Waals surface area contributed by atoms with Crippen molar-refractivity contribution in [3.05, 3.63) is 198 Å². The number of aromatic amines is 2. The maximum atomic E-state index is 13.5. The summed E-state index contributed by atoms with van der Waals surface area (Å²) < 4.78 is 53.3. The maximum Gasteiger partial charge on any atom is 0.416 e. The van der Waals surface area contributed by atoms with Gasteiger partial charge in [0.15, 0.2) is 23.3 Å². The van der Waals surface area contributed by atoms with E-state index in [0.29, 0.717) is 59.5 Å². The summed E-state index contributed by atoms with van der Waals surface area (Å²) in [4.78, 5) is 16.5. The third kappa shape index (κ3) is 8.03. The van der Waals surface area contributed by atoms with Crippen LogP contribution in [0.1, 0.15) is 52.4 Å². The fraction of sp³-hybridized carbons (Fsp3) is 0.132. The molecule has 0 spiro atoms. The van der Waals surface area contributed by atoms with E-state index in [9.17, 15) is 18.3 Å². The minimum absolute atomic E-state index is 0.0320. The first-order chi connectivity index (χ1) is 30.6. The Morgan fingerprint density at radius 2 is 0.937 bits per heavy atom. The molecule has 4 aromatic heterocycles.